The van der Waals surface area contributed by atoms with E-state index in [1.165, 1.54) is 25.3 Å². The van der Waals surface area contributed by atoms with Crippen LogP contribution in [0.25, 0.3) is 0 Å². The van der Waals surface area contributed by atoms with Crippen LogP contribution in [0.3, 0.4) is 0 Å². The summed E-state index contributed by atoms with van der Waals surface area (Å²) in [6.07, 6.45) is 1.09. The Hall–Kier alpha value is -1.76. The van der Waals surface area contributed by atoms with Crippen molar-refractivity contribution in [2.75, 3.05) is 25.7 Å². The van der Waals surface area contributed by atoms with Crippen LogP contribution in [0.2, 0.25) is 0 Å². The molecule has 0 aromatic heterocycles. The van der Waals surface area contributed by atoms with Gasteiger partial charge in [-0.25, -0.2) is 8.42 Å². The molecule has 6 nitrogen and oxygen atoms in total. The number of hydrogen-bond acceptors (Lipinski definition) is 5. The number of carbonyl (C=O) groups excluding carboxylic acids is 1. The molecular formula is C11H15NO5S. The SMILES string of the molecule is COc1ccc(C(=O)NCCS(C)(=O)=O)c(O)c1. The Morgan fingerprint density at radius 2 is 2.11 bits per heavy atom. The molecule has 2 N–H and O–H groups in total. The highest BCUT2D eigenvalue weighted by atomic mass is 32.2. The van der Waals surface area contributed by atoms with E-state index in [2.05, 4.69) is 5.32 Å². The van der Waals surface area contributed by atoms with Crippen LogP contribution in [0.4, 0.5) is 0 Å². The highest BCUT2D eigenvalue weighted by Crippen LogP contribution is 2.22. The maximum absolute atomic E-state index is 11.6. The molecule has 0 atom stereocenters. The van der Waals surface area contributed by atoms with Gasteiger partial charge in [-0.15, -0.1) is 0 Å². The topological polar surface area (TPSA) is 92.7 Å². The fourth-order valence-corrected chi connectivity index (χ4v) is 1.75. The number of ether oxygens (including phenoxy) is 1. The minimum absolute atomic E-state index is 0.00311. The van der Waals surface area contributed by atoms with Crippen LogP contribution in [0.15, 0.2) is 18.2 Å². The molecule has 1 amide bonds. The molecule has 100 valence electrons. The molecule has 18 heavy (non-hydrogen) atoms. The Morgan fingerprint density at radius 3 is 2.61 bits per heavy atom. The fourth-order valence-electron chi connectivity index (χ4n) is 1.28. The average Bonchev–Trinajstić information content (AvgIpc) is 2.26. The zero-order valence-corrected chi connectivity index (χ0v) is 11.0. The standard InChI is InChI=1S/C11H15NO5S/c1-17-8-3-4-9(10(13)7-8)11(14)12-5-6-18(2,15)16/h3-4,7,13H,5-6H2,1-2H3,(H,12,14). The number of aromatic hydroxyl groups is 1. The van der Waals surface area contributed by atoms with Crippen molar-refractivity contribution in [2.45, 2.75) is 0 Å². The van der Waals surface area contributed by atoms with Gasteiger partial charge in [0.05, 0.1) is 18.4 Å². The van der Waals surface area contributed by atoms with E-state index < -0.39 is 15.7 Å². The van der Waals surface area contributed by atoms with Gasteiger partial charge in [-0.3, -0.25) is 4.79 Å². The van der Waals surface area contributed by atoms with Gasteiger partial charge < -0.3 is 15.2 Å². The van der Waals surface area contributed by atoms with Crippen LogP contribution in [-0.4, -0.2) is 45.1 Å². The lowest BCUT2D eigenvalue weighted by molar-refractivity contribution is 0.0953. The number of carbonyl (C=O) groups is 1. The van der Waals surface area contributed by atoms with E-state index in [0.717, 1.165) is 6.26 Å². The lowest BCUT2D eigenvalue weighted by Crippen LogP contribution is -2.28. The third-order valence-corrected chi connectivity index (χ3v) is 3.15. The summed E-state index contributed by atoms with van der Waals surface area (Å²) in [5.41, 5.74) is 0.0734. The second kappa shape index (κ2) is 5.72. The number of phenols is 1. The van der Waals surface area contributed by atoms with Gasteiger partial charge in [0.25, 0.3) is 5.91 Å². The van der Waals surface area contributed by atoms with Crippen molar-refractivity contribution < 1.29 is 23.1 Å². The minimum Gasteiger partial charge on any atom is -0.507 e. The molecule has 0 heterocycles. The second-order valence-corrected chi connectivity index (χ2v) is 6.03. The van der Waals surface area contributed by atoms with E-state index in [1.54, 1.807) is 0 Å². The molecule has 0 unspecified atom stereocenters. The van der Waals surface area contributed by atoms with Crippen LogP contribution in [0.5, 0.6) is 11.5 Å². The average molecular weight is 273 g/mol. The predicted octanol–water partition coefficient (Wildman–Crippen LogP) is 0.175. The van der Waals surface area contributed by atoms with E-state index in [1.807, 2.05) is 0 Å². The largest absolute Gasteiger partial charge is 0.507 e. The maximum Gasteiger partial charge on any atom is 0.255 e. The van der Waals surface area contributed by atoms with Crippen molar-refractivity contribution in [1.29, 1.82) is 0 Å². The fraction of sp³-hybridized carbons (Fsp3) is 0.364. The summed E-state index contributed by atoms with van der Waals surface area (Å²) in [5, 5.41) is 12.0. The minimum atomic E-state index is -3.12. The molecule has 0 saturated carbocycles. The van der Waals surface area contributed by atoms with Gasteiger partial charge in [0, 0.05) is 18.9 Å². The Balaban J connectivity index is 2.67. The molecule has 0 bridgehead atoms. The smallest absolute Gasteiger partial charge is 0.255 e. The monoisotopic (exact) mass is 273 g/mol. The van der Waals surface area contributed by atoms with Crippen LogP contribution >= 0.6 is 0 Å². The van der Waals surface area contributed by atoms with Gasteiger partial charge in [0.15, 0.2) is 0 Å². The Labute approximate surface area is 106 Å². The van der Waals surface area contributed by atoms with Crippen molar-refractivity contribution in [3.63, 3.8) is 0 Å². The van der Waals surface area contributed by atoms with E-state index in [-0.39, 0.29) is 23.6 Å². The maximum atomic E-state index is 11.6. The summed E-state index contributed by atoms with van der Waals surface area (Å²) in [6.45, 7) is 0.00311. The first-order valence-corrected chi connectivity index (χ1v) is 7.22. The van der Waals surface area contributed by atoms with Crippen molar-refractivity contribution >= 4 is 15.7 Å². The molecular weight excluding hydrogens is 258 g/mol. The first-order valence-electron chi connectivity index (χ1n) is 5.16. The van der Waals surface area contributed by atoms with Gasteiger partial charge in [-0.1, -0.05) is 0 Å². The Morgan fingerprint density at radius 1 is 1.44 bits per heavy atom. The molecule has 7 heteroatoms. The molecule has 0 saturated heterocycles. The first kappa shape index (κ1) is 14.3. The van der Waals surface area contributed by atoms with Crippen LogP contribution in [-0.2, 0) is 9.84 Å². The zero-order valence-electron chi connectivity index (χ0n) is 10.1. The van der Waals surface area contributed by atoms with Gasteiger partial charge >= 0.3 is 0 Å². The molecule has 1 aromatic carbocycles. The lowest BCUT2D eigenvalue weighted by atomic mass is 10.2. The van der Waals surface area contributed by atoms with Crippen molar-refractivity contribution in [1.82, 2.24) is 5.32 Å². The lowest BCUT2D eigenvalue weighted by Gasteiger charge is -2.07. The number of rotatable bonds is 5. The molecule has 1 rings (SSSR count). The number of phenolic OH excluding ortho intramolecular Hbond substituents is 1. The van der Waals surface area contributed by atoms with Crippen molar-refractivity contribution in [3.8, 4) is 11.5 Å². The molecule has 0 radical (unpaired) electrons. The molecule has 0 aliphatic rings. The summed E-state index contributed by atoms with van der Waals surface area (Å²) < 4.78 is 26.6. The highest BCUT2D eigenvalue weighted by Gasteiger charge is 2.12. The third-order valence-electron chi connectivity index (χ3n) is 2.21. The number of amides is 1. The summed E-state index contributed by atoms with van der Waals surface area (Å²) in [5.74, 6) is -0.458. The van der Waals surface area contributed by atoms with Gasteiger partial charge in [0.1, 0.15) is 21.3 Å². The van der Waals surface area contributed by atoms with Crippen LogP contribution in [0.1, 0.15) is 10.4 Å². The van der Waals surface area contributed by atoms with Gasteiger partial charge in [-0.05, 0) is 12.1 Å². The second-order valence-electron chi connectivity index (χ2n) is 3.77. The van der Waals surface area contributed by atoms with Crippen LogP contribution in [0, 0.1) is 0 Å². The Bertz CT molecular complexity index is 538. The quantitative estimate of drug-likeness (QED) is 0.798. The van der Waals surface area contributed by atoms with E-state index >= 15 is 0 Å². The first-order chi connectivity index (χ1) is 8.33. The third kappa shape index (κ3) is 4.25. The zero-order chi connectivity index (χ0) is 13.8. The van der Waals surface area contributed by atoms with Gasteiger partial charge in [0.2, 0.25) is 0 Å². The van der Waals surface area contributed by atoms with Crippen molar-refractivity contribution in [3.05, 3.63) is 23.8 Å². The van der Waals surface area contributed by atoms with Crippen LogP contribution < -0.4 is 10.1 Å². The summed E-state index contributed by atoms with van der Waals surface area (Å²) in [6, 6.07) is 4.25. The number of benzene rings is 1. The van der Waals surface area contributed by atoms with Gasteiger partial charge in [-0.2, -0.15) is 0 Å². The predicted molar refractivity (Wildman–Crippen MR) is 66.7 cm³/mol. The summed E-state index contributed by atoms with van der Waals surface area (Å²) in [7, 11) is -1.67. The molecule has 0 fully saturated rings. The van der Waals surface area contributed by atoms with E-state index in [0.29, 0.717) is 5.75 Å². The molecule has 1 aromatic rings. The summed E-state index contributed by atoms with van der Waals surface area (Å²) in [4.78, 5) is 11.6. The summed E-state index contributed by atoms with van der Waals surface area (Å²) >= 11 is 0. The van der Waals surface area contributed by atoms with E-state index in [4.69, 9.17) is 4.74 Å². The number of nitrogens with one attached hydrogen (secondary N) is 1. The number of methoxy groups -OCH3 is 1. The van der Waals surface area contributed by atoms with Crippen molar-refractivity contribution in [2.24, 2.45) is 0 Å². The molecule has 0 aliphatic heterocycles. The Kier molecular flexibility index (Phi) is 4.55. The number of hydrogen-bond donors (Lipinski definition) is 2. The molecule has 0 spiro atoms. The molecule has 0 aliphatic carbocycles. The normalized spacial score (nSPS) is 11.0. The van der Waals surface area contributed by atoms with E-state index in [9.17, 15) is 18.3 Å². The highest BCUT2D eigenvalue weighted by molar-refractivity contribution is 7.90. The number of sulfone groups is 1.